The minimum absolute atomic E-state index is 0.00505. The lowest BCUT2D eigenvalue weighted by molar-refractivity contribution is -0.123. The number of nitrogens with one attached hydrogen (secondary N) is 2. The lowest BCUT2D eigenvalue weighted by Crippen LogP contribution is -2.41. The highest BCUT2D eigenvalue weighted by atomic mass is 16.2. The van der Waals surface area contributed by atoms with E-state index in [4.69, 9.17) is 0 Å². The van der Waals surface area contributed by atoms with Gasteiger partial charge in [0, 0.05) is 12.2 Å². The van der Waals surface area contributed by atoms with Gasteiger partial charge in [-0.25, -0.2) is 0 Å². The van der Waals surface area contributed by atoms with E-state index in [1.165, 1.54) is 5.56 Å². The molecule has 0 spiro atoms. The molecule has 1 aliphatic rings. The number of pyridine rings is 1. The monoisotopic (exact) mass is 281 g/mol. The molecular formula is C17H19N3O. The second kappa shape index (κ2) is 6.06. The number of hydrogen-bond donors (Lipinski definition) is 2. The number of nitrogens with zero attached hydrogens (tertiary/aromatic N) is 1. The van der Waals surface area contributed by atoms with Crippen LogP contribution in [0.3, 0.4) is 0 Å². The van der Waals surface area contributed by atoms with Crippen molar-refractivity contribution >= 4 is 5.91 Å². The molecule has 0 aliphatic carbocycles. The van der Waals surface area contributed by atoms with Crippen LogP contribution in [0.15, 0.2) is 42.5 Å². The summed E-state index contributed by atoms with van der Waals surface area (Å²) in [5.74, 6) is 0.00505. The molecule has 1 unspecified atom stereocenters. The van der Waals surface area contributed by atoms with Gasteiger partial charge in [-0.3, -0.25) is 9.78 Å². The Kier molecular flexibility index (Phi) is 3.97. The fourth-order valence-electron chi connectivity index (χ4n) is 2.72. The van der Waals surface area contributed by atoms with Gasteiger partial charge in [-0.2, -0.15) is 0 Å². The van der Waals surface area contributed by atoms with Crippen molar-refractivity contribution in [2.24, 2.45) is 0 Å². The van der Waals surface area contributed by atoms with Crippen LogP contribution in [0.1, 0.15) is 28.6 Å². The fraction of sp³-hybridized carbons (Fsp3) is 0.294. The van der Waals surface area contributed by atoms with E-state index in [0.717, 1.165) is 29.9 Å². The molecule has 4 nitrogen and oxygen atoms in total. The Balaban J connectivity index is 1.69. The predicted octanol–water partition coefficient (Wildman–Crippen LogP) is 1.89. The summed E-state index contributed by atoms with van der Waals surface area (Å²) < 4.78 is 0. The van der Waals surface area contributed by atoms with E-state index in [0.29, 0.717) is 6.54 Å². The third-order valence-corrected chi connectivity index (χ3v) is 3.76. The van der Waals surface area contributed by atoms with Gasteiger partial charge >= 0.3 is 0 Å². The van der Waals surface area contributed by atoms with Gasteiger partial charge in [-0.1, -0.05) is 30.3 Å². The summed E-state index contributed by atoms with van der Waals surface area (Å²) in [6, 6.07) is 13.7. The van der Waals surface area contributed by atoms with E-state index in [1.807, 2.05) is 43.3 Å². The Morgan fingerprint density at radius 1 is 1.29 bits per heavy atom. The molecule has 4 heteroatoms. The second-order valence-electron chi connectivity index (χ2n) is 5.32. The van der Waals surface area contributed by atoms with Gasteiger partial charge in [-0.15, -0.1) is 0 Å². The van der Waals surface area contributed by atoms with Crippen molar-refractivity contribution in [2.75, 3.05) is 6.54 Å². The lowest BCUT2D eigenvalue weighted by atomic mass is 9.94. The number of carbonyl (C=O) groups is 1. The van der Waals surface area contributed by atoms with Crippen LogP contribution in [0.25, 0.3) is 0 Å². The highest BCUT2D eigenvalue weighted by molar-refractivity contribution is 5.83. The van der Waals surface area contributed by atoms with Crippen molar-refractivity contribution in [3.8, 4) is 0 Å². The number of rotatable bonds is 3. The SMILES string of the molecule is Cc1cccc(CNC(=O)C2NCCc3ccccc32)n1. The molecule has 1 aromatic carbocycles. The lowest BCUT2D eigenvalue weighted by Gasteiger charge is -2.26. The summed E-state index contributed by atoms with van der Waals surface area (Å²) in [6.45, 7) is 3.24. The first-order valence-electron chi connectivity index (χ1n) is 7.25. The van der Waals surface area contributed by atoms with Gasteiger partial charge < -0.3 is 10.6 Å². The van der Waals surface area contributed by atoms with Crippen LogP contribution in [0.5, 0.6) is 0 Å². The molecule has 1 atom stereocenters. The van der Waals surface area contributed by atoms with Gasteiger partial charge in [-0.05, 0) is 36.6 Å². The zero-order valence-corrected chi connectivity index (χ0v) is 12.1. The molecule has 2 aromatic rings. The van der Waals surface area contributed by atoms with Gasteiger partial charge in [0.15, 0.2) is 0 Å². The maximum Gasteiger partial charge on any atom is 0.242 e. The molecule has 0 saturated carbocycles. The number of fused-ring (bicyclic) bond motifs is 1. The normalized spacial score (nSPS) is 17.1. The smallest absolute Gasteiger partial charge is 0.242 e. The summed E-state index contributed by atoms with van der Waals surface area (Å²) in [6.07, 6.45) is 0.972. The predicted molar refractivity (Wildman–Crippen MR) is 81.7 cm³/mol. The average Bonchev–Trinajstić information content (AvgIpc) is 2.52. The molecule has 1 aliphatic heterocycles. The summed E-state index contributed by atoms with van der Waals surface area (Å²) >= 11 is 0. The van der Waals surface area contributed by atoms with E-state index >= 15 is 0 Å². The highest BCUT2D eigenvalue weighted by Gasteiger charge is 2.25. The van der Waals surface area contributed by atoms with E-state index < -0.39 is 0 Å². The quantitative estimate of drug-likeness (QED) is 0.903. The van der Waals surface area contributed by atoms with Crippen molar-refractivity contribution < 1.29 is 4.79 Å². The van der Waals surface area contributed by atoms with Crippen LogP contribution in [0, 0.1) is 6.92 Å². The summed E-state index contributed by atoms with van der Waals surface area (Å²) in [5, 5.41) is 6.26. The second-order valence-corrected chi connectivity index (χ2v) is 5.32. The first kappa shape index (κ1) is 13.8. The maximum atomic E-state index is 12.4. The van der Waals surface area contributed by atoms with E-state index in [1.54, 1.807) is 0 Å². The molecule has 1 amide bonds. The summed E-state index contributed by atoms with van der Waals surface area (Å²) in [7, 11) is 0. The van der Waals surface area contributed by atoms with Crippen LogP contribution in [0.4, 0.5) is 0 Å². The third-order valence-electron chi connectivity index (χ3n) is 3.76. The van der Waals surface area contributed by atoms with Crippen molar-refractivity contribution in [1.82, 2.24) is 15.6 Å². The van der Waals surface area contributed by atoms with Crippen LogP contribution < -0.4 is 10.6 Å². The Hall–Kier alpha value is -2.20. The third kappa shape index (κ3) is 3.11. The van der Waals surface area contributed by atoms with Gasteiger partial charge in [0.25, 0.3) is 0 Å². The largest absolute Gasteiger partial charge is 0.349 e. The van der Waals surface area contributed by atoms with Gasteiger partial charge in [0.1, 0.15) is 6.04 Å². The Morgan fingerprint density at radius 2 is 2.14 bits per heavy atom. The van der Waals surface area contributed by atoms with Gasteiger partial charge in [0.2, 0.25) is 5.91 Å². The van der Waals surface area contributed by atoms with Gasteiger partial charge in [0.05, 0.1) is 12.2 Å². The summed E-state index contributed by atoms with van der Waals surface area (Å²) in [5.41, 5.74) is 4.18. The van der Waals surface area contributed by atoms with E-state index in [9.17, 15) is 4.79 Å². The molecule has 3 rings (SSSR count). The van der Waals surface area contributed by atoms with Crippen molar-refractivity contribution in [2.45, 2.75) is 25.9 Å². The van der Waals surface area contributed by atoms with Crippen molar-refractivity contribution in [3.05, 3.63) is 65.0 Å². The molecule has 1 aromatic heterocycles. The minimum atomic E-state index is -0.264. The topological polar surface area (TPSA) is 54.0 Å². The maximum absolute atomic E-state index is 12.4. The molecule has 2 heterocycles. The van der Waals surface area contributed by atoms with Crippen LogP contribution in [-0.4, -0.2) is 17.4 Å². The number of hydrogen-bond acceptors (Lipinski definition) is 3. The molecule has 21 heavy (non-hydrogen) atoms. The number of benzene rings is 1. The van der Waals surface area contributed by atoms with E-state index in [2.05, 4.69) is 21.7 Å². The number of amides is 1. The molecule has 0 fully saturated rings. The number of aryl methyl sites for hydroxylation is 1. The molecule has 108 valence electrons. The first-order valence-corrected chi connectivity index (χ1v) is 7.25. The molecule has 0 saturated heterocycles. The standard InChI is InChI=1S/C17H19N3O/c1-12-5-4-7-14(20-12)11-19-17(21)16-15-8-3-2-6-13(15)9-10-18-16/h2-8,16,18H,9-11H2,1H3,(H,19,21). The Morgan fingerprint density at radius 3 is 3.00 bits per heavy atom. The molecular weight excluding hydrogens is 262 g/mol. The summed E-state index contributed by atoms with van der Waals surface area (Å²) in [4.78, 5) is 16.8. The Labute approximate surface area is 124 Å². The van der Waals surface area contributed by atoms with Crippen LogP contribution in [0.2, 0.25) is 0 Å². The molecule has 0 radical (unpaired) electrons. The molecule has 0 bridgehead atoms. The van der Waals surface area contributed by atoms with E-state index in [-0.39, 0.29) is 11.9 Å². The zero-order valence-electron chi connectivity index (χ0n) is 12.1. The molecule has 2 N–H and O–H groups in total. The van der Waals surface area contributed by atoms with Crippen LogP contribution >= 0.6 is 0 Å². The average molecular weight is 281 g/mol. The van der Waals surface area contributed by atoms with Crippen molar-refractivity contribution in [1.29, 1.82) is 0 Å². The van der Waals surface area contributed by atoms with Crippen LogP contribution in [-0.2, 0) is 17.8 Å². The number of aromatic nitrogens is 1. The fourth-order valence-corrected chi connectivity index (χ4v) is 2.72. The minimum Gasteiger partial charge on any atom is -0.349 e. The number of carbonyl (C=O) groups excluding carboxylic acids is 1. The zero-order chi connectivity index (χ0) is 14.7. The van der Waals surface area contributed by atoms with Crippen molar-refractivity contribution in [3.63, 3.8) is 0 Å². The first-order chi connectivity index (χ1) is 10.2. The highest BCUT2D eigenvalue weighted by Crippen LogP contribution is 2.22. The Bertz CT molecular complexity index is 654.